The molecule has 164 valence electrons. The predicted octanol–water partition coefficient (Wildman–Crippen LogP) is 3.67. The lowest BCUT2D eigenvalue weighted by Crippen LogP contribution is -2.39. The van der Waals surface area contributed by atoms with Crippen LogP contribution in [0.1, 0.15) is 24.6 Å². The van der Waals surface area contributed by atoms with Crippen LogP contribution in [-0.2, 0) is 11.3 Å². The van der Waals surface area contributed by atoms with Crippen molar-refractivity contribution in [3.05, 3.63) is 77.2 Å². The van der Waals surface area contributed by atoms with E-state index < -0.39 is 0 Å². The van der Waals surface area contributed by atoms with E-state index in [1.165, 1.54) is 22.2 Å². The minimum absolute atomic E-state index is 0.000850. The van der Waals surface area contributed by atoms with Crippen LogP contribution in [-0.4, -0.2) is 40.0 Å². The van der Waals surface area contributed by atoms with Gasteiger partial charge >= 0.3 is 0 Å². The van der Waals surface area contributed by atoms with E-state index in [4.69, 9.17) is 4.42 Å². The van der Waals surface area contributed by atoms with Gasteiger partial charge in [-0.1, -0.05) is 30.3 Å². The molecule has 7 nitrogen and oxygen atoms in total. The maximum atomic E-state index is 13.0. The van der Waals surface area contributed by atoms with Gasteiger partial charge in [0.2, 0.25) is 5.91 Å². The highest BCUT2D eigenvalue weighted by Crippen LogP contribution is 2.30. The highest BCUT2D eigenvalue weighted by Gasteiger charge is 2.26. The molecule has 1 atom stereocenters. The summed E-state index contributed by atoms with van der Waals surface area (Å²) >= 11 is 1.48. The number of furan rings is 1. The number of nitrogens with zero attached hydrogens (tertiary/aromatic N) is 3. The van der Waals surface area contributed by atoms with Gasteiger partial charge in [-0.25, -0.2) is 4.98 Å². The molecular weight excluding hydrogens is 424 g/mol. The zero-order chi connectivity index (χ0) is 21.9. The lowest BCUT2D eigenvalue weighted by atomic mass is 10.2. The zero-order valence-electron chi connectivity index (χ0n) is 17.6. The molecule has 1 aromatic carbocycles. The molecule has 0 spiro atoms. The Morgan fingerprint density at radius 1 is 1.16 bits per heavy atom. The van der Waals surface area contributed by atoms with Crippen LogP contribution in [0.25, 0.3) is 20.7 Å². The first-order valence-electron chi connectivity index (χ1n) is 10.8. The van der Waals surface area contributed by atoms with E-state index in [1.54, 1.807) is 6.26 Å². The SMILES string of the molecule is O=C(Cn1cnc2sc(-c3ccccc3)cc2c1=O)NCC(c1ccco1)N1CCCC1. The molecule has 1 N–H and O–H groups in total. The van der Waals surface area contributed by atoms with Crippen molar-refractivity contribution in [2.75, 3.05) is 19.6 Å². The Bertz CT molecular complexity index is 1260. The number of carbonyl (C=O) groups excluding carboxylic acids is 1. The van der Waals surface area contributed by atoms with Crippen molar-refractivity contribution < 1.29 is 9.21 Å². The smallest absolute Gasteiger partial charge is 0.262 e. The van der Waals surface area contributed by atoms with E-state index in [9.17, 15) is 9.59 Å². The zero-order valence-corrected chi connectivity index (χ0v) is 18.4. The summed E-state index contributed by atoms with van der Waals surface area (Å²) in [5.41, 5.74) is 0.843. The van der Waals surface area contributed by atoms with Crippen molar-refractivity contribution in [2.45, 2.75) is 25.4 Å². The molecule has 4 aromatic rings. The molecule has 5 rings (SSSR count). The third kappa shape index (κ3) is 4.24. The average Bonchev–Trinajstić information content (AvgIpc) is 3.59. The van der Waals surface area contributed by atoms with Crippen LogP contribution in [0.15, 0.2) is 70.3 Å². The van der Waals surface area contributed by atoms with Crippen LogP contribution in [0.3, 0.4) is 0 Å². The largest absolute Gasteiger partial charge is 0.468 e. The Morgan fingerprint density at radius 2 is 1.97 bits per heavy atom. The number of thiophene rings is 1. The van der Waals surface area contributed by atoms with Crippen LogP contribution in [0.2, 0.25) is 0 Å². The molecule has 0 radical (unpaired) electrons. The van der Waals surface area contributed by atoms with Gasteiger partial charge in [-0.15, -0.1) is 11.3 Å². The normalized spacial score (nSPS) is 15.2. The Labute approximate surface area is 189 Å². The molecule has 1 aliphatic rings. The van der Waals surface area contributed by atoms with E-state index in [0.717, 1.165) is 42.1 Å². The van der Waals surface area contributed by atoms with Crippen molar-refractivity contribution in [3.63, 3.8) is 0 Å². The summed E-state index contributed by atoms with van der Waals surface area (Å²) < 4.78 is 6.98. The van der Waals surface area contributed by atoms with Gasteiger partial charge in [0.25, 0.3) is 5.56 Å². The van der Waals surface area contributed by atoms with E-state index in [-0.39, 0.29) is 24.1 Å². The second kappa shape index (κ2) is 9.10. The van der Waals surface area contributed by atoms with Gasteiger partial charge < -0.3 is 9.73 Å². The standard InChI is InChI=1S/C24H24N4O3S/c29-22(25-14-19(20-9-6-12-31-20)27-10-4-5-11-27)15-28-16-26-23-18(24(28)30)13-21(32-23)17-7-2-1-3-8-17/h1-3,6-9,12-13,16,19H,4-5,10-11,14-15H2,(H,25,29). The molecular formula is C24H24N4O3S. The summed E-state index contributed by atoms with van der Waals surface area (Å²) in [6.07, 6.45) is 5.42. The average molecular weight is 449 g/mol. The molecule has 32 heavy (non-hydrogen) atoms. The maximum Gasteiger partial charge on any atom is 0.262 e. The molecule has 0 bridgehead atoms. The molecule has 4 heterocycles. The van der Waals surface area contributed by atoms with Crippen molar-refractivity contribution in [3.8, 4) is 10.4 Å². The summed E-state index contributed by atoms with van der Waals surface area (Å²) in [6, 6.07) is 15.6. The fourth-order valence-electron chi connectivity index (χ4n) is 4.18. The Kier molecular flexibility index (Phi) is 5.87. The van der Waals surface area contributed by atoms with E-state index in [0.29, 0.717) is 16.8 Å². The van der Waals surface area contributed by atoms with Gasteiger partial charge in [-0.2, -0.15) is 0 Å². The topological polar surface area (TPSA) is 80.4 Å². The monoisotopic (exact) mass is 448 g/mol. The van der Waals surface area contributed by atoms with Gasteiger partial charge in [-0.05, 0) is 49.7 Å². The first-order chi connectivity index (χ1) is 15.7. The minimum Gasteiger partial charge on any atom is -0.468 e. The third-order valence-corrected chi connectivity index (χ3v) is 6.93. The quantitative estimate of drug-likeness (QED) is 0.467. The Morgan fingerprint density at radius 3 is 2.72 bits per heavy atom. The molecule has 8 heteroatoms. The molecule has 1 unspecified atom stereocenters. The maximum absolute atomic E-state index is 13.0. The van der Waals surface area contributed by atoms with Crippen molar-refractivity contribution in [1.82, 2.24) is 19.8 Å². The Balaban J connectivity index is 1.30. The lowest BCUT2D eigenvalue weighted by molar-refractivity contribution is -0.122. The first-order valence-corrected chi connectivity index (χ1v) is 11.6. The van der Waals surface area contributed by atoms with Crippen LogP contribution in [0, 0.1) is 0 Å². The van der Waals surface area contributed by atoms with Crippen LogP contribution >= 0.6 is 11.3 Å². The van der Waals surface area contributed by atoms with E-state index in [1.807, 2.05) is 48.5 Å². The number of hydrogen-bond donors (Lipinski definition) is 1. The molecule has 1 amide bonds. The molecule has 1 fully saturated rings. The van der Waals surface area contributed by atoms with Gasteiger partial charge in [0, 0.05) is 11.4 Å². The number of nitrogens with one attached hydrogen (secondary N) is 1. The molecule has 0 saturated carbocycles. The highest BCUT2D eigenvalue weighted by molar-refractivity contribution is 7.21. The number of benzene rings is 1. The van der Waals surface area contributed by atoms with Crippen molar-refractivity contribution >= 4 is 27.5 Å². The minimum atomic E-state index is -0.220. The number of fused-ring (bicyclic) bond motifs is 1. The van der Waals surface area contributed by atoms with Gasteiger partial charge in [0.15, 0.2) is 0 Å². The summed E-state index contributed by atoms with van der Waals surface area (Å²) in [7, 11) is 0. The summed E-state index contributed by atoms with van der Waals surface area (Å²) in [5, 5.41) is 3.51. The number of aromatic nitrogens is 2. The fraction of sp³-hybridized carbons (Fsp3) is 0.292. The second-order valence-electron chi connectivity index (χ2n) is 7.95. The number of hydrogen-bond acceptors (Lipinski definition) is 6. The first kappa shape index (κ1) is 20.7. The van der Waals surface area contributed by atoms with E-state index in [2.05, 4.69) is 15.2 Å². The molecule has 1 aliphatic heterocycles. The lowest BCUT2D eigenvalue weighted by Gasteiger charge is -2.26. The van der Waals surface area contributed by atoms with Crippen LogP contribution in [0.4, 0.5) is 0 Å². The van der Waals surface area contributed by atoms with E-state index >= 15 is 0 Å². The Hall–Kier alpha value is -3.23. The van der Waals surface area contributed by atoms with Crippen molar-refractivity contribution in [1.29, 1.82) is 0 Å². The number of carbonyl (C=O) groups is 1. The number of amides is 1. The van der Waals surface area contributed by atoms with Crippen LogP contribution < -0.4 is 10.9 Å². The fourth-order valence-corrected chi connectivity index (χ4v) is 5.18. The van der Waals surface area contributed by atoms with Gasteiger partial charge in [0.1, 0.15) is 17.1 Å². The molecule has 3 aromatic heterocycles. The molecule has 0 aliphatic carbocycles. The predicted molar refractivity (Wildman–Crippen MR) is 125 cm³/mol. The number of likely N-dealkylation sites (tertiary alicyclic amines) is 1. The molecule has 1 saturated heterocycles. The third-order valence-electron chi connectivity index (χ3n) is 5.84. The summed E-state index contributed by atoms with van der Waals surface area (Å²) in [5.74, 6) is 0.627. The summed E-state index contributed by atoms with van der Waals surface area (Å²) in [4.78, 5) is 34.1. The van der Waals surface area contributed by atoms with Crippen molar-refractivity contribution in [2.24, 2.45) is 0 Å². The van der Waals surface area contributed by atoms with Gasteiger partial charge in [-0.3, -0.25) is 19.1 Å². The second-order valence-corrected chi connectivity index (χ2v) is 8.98. The van der Waals surface area contributed by atoms with Crippen LogP contribution in [0.5, 0.6) is 0 Å². The number of rotatable bonds is 7. The summed E-state index contributed by atoms with van der Waals surface area (Å²) in [6.45, 7) is 2.35. The highest BCUT2D eigenvalue weighted by atomic mass is 32.1. The van der Waals surface area contributed by atoms with Gasteiger partial charge in [0.05, 0.1) is 24.0 Å².